The van der Waals surface area contributed by atoms with E-state index in [4.69, 9.17) is 9.72 Å². The van der Waals surface area contributed by atoms with Crippen molar-refractivity contribution in [1.29, 1.82) is 5.26 Å². The number of fused-ring (bicyclic) bond motifs is 1. The van der Waals surface area contributed by atoms with Crippen LogP contribution >= 0.6 is 0 Å². The Kier molecular flexibility index (Phi) is 7.57. The summed E-state index contributed by atoms with van der Waals surface area (Å²) < 4.78 is 6.41. The predicted octanol–water partition coefficient (Wildman–Crippen LogP) is 2.13. The van der Waals surface area contributed by atoms with E-state index in [0.717, 1.165) is 38.8 Å². The Labute approximate surface area is 175 Å². The van der Waals surface area contributed by atoms with Gasteiger partial charge in [0.1, 0.15) is 23.1 Å². The molecular formula is C22H27N5O3. The zero-order valence-electron chi connectivity index (χ0n) is 17.3. The number of carbonyl (C=O) groups excluding carboxylic acids is 1. The van der Waals surface area contributed by atoms with Crippen LogP contribution in [0.5, 0.6) is 0 Å². The lowest BCUT2D eigenvalue weighted by molar-refractivity contribution is -0.117. The second-order valence-electron chi connectivity index (χ2n) is 7.26. The number of nitrogens with zero attached hydrogens (tertiary/aromatic N) is 4. The molecule has 0 aromatic carbocycles. The summed E-state index contributed by atoms with van der Waals surface area (Å²) in [6.45, 7) is 2.49. The van der Waals surface area contributed by atoms with E-state index in [1.165, 1.54) is 10.5 Å². The van der Waals surface area contributed by atoms with Gasteiger partial charge in [0, 0.05) is 39.5 Å². The lowest BCUT2D eigenvalue weighted by Gasteiger charge is -2.23. The summed E-state index contributed by atoms with van der Waals surface area (Å²) >= 11 is 0. The molecule has 1 aliphatic rings. The largest absolute Gasteiger partial charge is 0.385 e. The van der Waals surface area contributed by atoms with Crippen molar-refractivity contribution >= 4 is 23.4 Å². The minimum absolute atomic E-state index is 0.113. The number of aromatic nitrogens is 2. The molecule has 0 spiro atoms. The normalized spacial score (nSPS) is 14.9. The summed E-state index contributed by atoms with van der Waals surface area (Å²) in [5.41, 5.74) is 0.406. The maximum atomic E-state index is 13.2. The number of nitriles is 1. The Morgan fingerprint density at radius 3 is 2.77 bits per heavy atom. The molecule has 1 amide bonds. The van der Waals surface area contributed by atoms with Crippen molar-refractivity contribution in [3.63, 3.8) is 0 Å². The quantitative estimate of drug-likeness (QED) is 0.427. The fraction of sp³-hybridized carbons (Fsp3) is 0.455. The summed E-state index contributed by atoms with van der Waals surface area (Å²) in [6.07, 6.45) is 7.98. The van der Waals surface area contributed by atoms with Gasteiger partial charge in [-0.25, -0.2) is 4.98 Å². The van der Waals surface area contributed by atoms with Gasteiger partial charge in [-0.05, 0) is 37.5 Å². The van der Waals surface area contributed by atoms with Crippen molar-refractivity contribution in [1.82, 2.24) is 14.7 Å². The number of rotatable bonds is 7. The molecule has 2 aromatic rings. The molecule has 30 heavy (non-hydrogen) atoms. The summed E-state index contributed by atoms with van der Waals surface area (Å²) in [5, 5.41) is 12.3. The van der Waals surface area contributed by atoms with Gasteiger partial charge in [-0.2, -0.15) is 5.26 Å². The van der Waals surface area contributed by atoms with E-state index in [1.54, 1.807) is 25.4 Å². The third kappa shape index (κ3) is 5.05. The van der Waals surface area contributed by atoms with Crippen LogP contribution in [0.2, 0.25) is 0 Å². The van der Waals surface area contributed by atoms with Gasteiger partial charge in [0.15, 0.2) is 0 Å². The molecule has 158 valence electrons. The van der Waals surface area contributed by atoms with Gasteiger partial charge in [-0.1, -0.05) is 18.9 Å². The van der Waals surface area contributed by atoms with Crippen molar-refractivity contribution in [2.45, 2.75) is 32.1 Å². The third-order valence-corrected chi connectivity index (χ3v) is 5.12. The van der Waals surface area contributed by atoms with Crippen LogP contribution in [0.1, 0.15) is 37.7 Å². The van der Waals surface area contributed by atoms with Crippen molar-refractivity contribution in [3.05, 3.63) is 45.9 Å². The zero-order chi connectivity index (χ0) is 21.3. The highest BCUT2D eigenvalue weighted by Gasteiger charge is 2.20. The monoisotopic (exact) mass is 409 g/mol. The van der Waals surface area contributed by atoms with Gasteiger partial charge in [0.25, 0.3) is 11.5 Å². The molecular weight excluding hydrogens is 382 g/mol. The maximum absolute atomic E-state index is 13.2. The van der Waals surface area contributed by atoms with E-state index in [2.05, 4.69) is 10.2 Å². The van der Waals surface area contributed by atoms with Crippen molar-refractivity contribution in [2.75, 3.05) is 38.3 Å². The van der Waals surface area contributed by atoms with Crippen molar-refractivity contribution < 1.29 is 9.53 Å². The Morgan fingerprint density at radius 1 is 1.30 bits per heavy atom. The minimum atomic E-state index is -0.507. The molecule has 1 saturated heterocycles. The molecule has 0 saturated carbocycles. The number of anilines is 1. The van der Waals surface area contributed by atoms with Gasteiger partial charge < -0.3 is 15.0 Å². The topological polar surface area (TPSA) is 99.7 Å². The first-order valence-corrected chi connectivity index (χ1v) is 10.3. The van der Waals surface area contributed by atoms with Gasteiger partial charge in [0.2, 0.25) is 0 Å². The first kappa shape index (κ1) is 21.5. The van der Waals surface area contributed by atoms with Crippen molar-refractivity contribution in [3.8, 4) is 6.07 Å². The molecule has 3 heterocycles. The molecule has 8 heteroatoms. The fourth-order valence-corrected chi connectivity index (χ4v) is 3.55. The summed E-state index contributed by atoms with van der Waals surface area (Å²) in [6, 6.07) is 7.30. The molecule has 0 bridgehead atoms. The highest BCUT2D eigenvalue weighted by Crippen LogP contribution is 2.22. The number of nitrogens with one attached hydrogen (secondary N) is 1. The smallest absolute Gasteiger partial charge is 0.267 e. The molecule has 2 aromatic heterocycles. The molecule has 0 aliphatic carbocycles. The van der Waals surface area contributed by atoms with Gasteiger partial charge >= 0.3 is 0 Å². The maximum Gasteiger partial charge on any atom is 0.267 e. The summed E-state index contributed by atoms with van der Waals surface area (Å²) in [5.74, 6) is 0.0287. The van der Waals surface area contributed by atoms with E-state index < -0.39 is 5.91 Å². The number of pyridine rings is 1. The summed E-state index contributed by atoms with van der Waals surface area (Å²) in [4.78, 5) is 32.5. The highest BCUT2D eigenvalue weighted by molar-refractivity contribution is 6.02. The van der Waals surface area contributed by atoms with E-state index in [1.807, 2.05) is 12.1 Å². The zero-order valence-corrected chi connectivity index (χ0v) is 17.3. The molecule has 0 radical (unpaired) electrons. The van der Waals surface area contributed by atoms with Crippen LogP contribution in [-0.4, -0.2) is 48.6 Å². The average Bonchev–Trinajstić information content (AvgIpc) is 3.05. The SMILES string of the molecule is COCCCNC(=O)/C(C#N)=C/c1c(N2CCCCCC2)nc2ccccn2c1=O. The molecule has 1 fully saturated rings. The average molecular weight is 409 g/mol. The number of hydrogen-bond donors (Lipinski definition) is 1. The summed E-state index contributed by atoms with van der Waals surface area (Å²) in [7, 11) is 1.59. The van der Waals surface area contributed by atoms with Crippen molar-refractivity contribution in [2.24, 2.45) is 0 Å². The van der Waals surface area contributed by atoms with Crippen LogP contribution in [0, 0.1) is 11.3 Å². The Bertz CT molecular complexity index is 1010. The molecule has 0 unspecified atom stereocenters. The highest BCUT2D eigenvalue weighted by atomic mass is 16.5. The Hall–Kier alpha value is -3.18. The second kappa shape index (κ2) is 10.6. The standard InChI is InChI=1S/C22H27N5O3/c1-30-14-8-10-24-21(28)17(16-23)15-18-20(26-11-5-2-3-6-12-26)25-19-9-4-7-13-27(19)22(18)29/h4,7,9,13,15H,2-3,5-6,8,10-12,14H2,1H3,(H,24,28)/b17-15+. The lowest BCUT2D eigenvalue weighted by atomic mass is 10.1. The minimum Gasteiger partial charge on any atom is -0.385 e. The van der Waals surface area contributed by atoms with Crippen LogP contribution in [0.25, 0.3) is 11.7 Å². The Morgan fingerprint density at radius 2 is 2.07 bits per heavy atom. The molecule has 1 aliphatic heterocycles. The van der Waals surface area contributed by atoms with Gasteiger partial charge in [0.05, 0.1) is 5.56 Å². The first-order valence-electron chi connectivity index (χ1n) is 10.3. The molecule has 3 rings (SSSR count). The fourth-order valence-electron chi connectivity index (χ4n) is 3.55. The van der Waals surface area contributed by atoms with Crippen LogP contribution in [0.4, 0.5) is 5.82 Å². The van der Waals surface area contributed by atoms with Gasteiger partial charge in [-0.3, -0.25) is 14.0 Å². The molecule has 1 N–H and O–H groups in total. The molecule has 8 nitrogen and oxygen atoms in total. The number of ether oxygens (including phenoxy) is 1. The number of carbonyl (C=O) groups is 1. The Balaban J connectivity index is 2.03. The van der Waals surface area contributed by atoms with Crippen LogP contribution in [0.15, 0.2) is 34.8 Å². The van der Waals surface area contributed by atoms with Crippen LogP contribution in [0.3, 0.4) is 0 Å². The van der Waals surface area contributed by atoms with E-state index in [9.17, 15) is 14.9 Å². The second-order valence-corrected chi connectivity index (χ2v) is 7.26. The number of hydrogen-bond acceptors (Lipinski definition) is 6. The molecule has 0 atom stereocenters. The third-order valence-electron chi connectivity index (χ3n) is 5.12. The first-order chi connectivity index (χ1) is 14.7. The number of methoxy groups -OCH3 is 1. The van der Waals surface area contributed by atoms with E-state index in [0.29, 0.717) is 31.0 Å². The van der Waals surface area contributed by atoms with Gasteiger partial charge in [-0.15, -0.1) is 0 Å². The van der Waals surface area contributed by atoms with Crippen LogP contribution in [-0.2, 0) is 9.53 Å². The van der Waals surface area contributed by atoms with E-state index in [-0.39, 0.29) is 16.7 Å². The lowest BCUT2D eigenvalue weighted by Crippen LogP contribution is -2.31. The predicted molar refractivity (Wildman–Crippen MR) is 115 cm³/mol. The van der Waals surface area contributed by atoms with E-state index >= 15 is 0 Å². The van der Waals surface area contributed by atoms with Crippen LogP contribution < -0.4 is 15.8 Å². The number of amides is 1.